The van der Waals surface area contributed by atoms with Gasteiger partial charge in [-0.15, -0.1) is 0 Å². The number of anilines is 2. The molecule has 0 unspecified atom stereocenters. The quantitative estimate of drug-likeness (QED) is 0.387. The largest absolute Gasteiger partial charge is 0.352 e. The van der Waals surface area contributed by atoms with Crippen molar-refractivity contribution in [1.82, 2.24) is 15.1 Å². The number of aryl methyl sites for hydroxylation is 1. The van der Waals surface area contributed by atoms with Crippen molar-refractivity contribution < 1.29 is 9.59 Å². The van der Waals surface area contributed by atoms with Crippen molar-refractivity contribution in [2.45, 2.75) is 39.8 Å². The molecule has 0 fully saturated rings. The van der Waals surface area contributed by atoms with Gasteiger partial charge < -0.3 is 15.1 Å². The molecule has 1 aliphatic rings. The standard InChI is InChI=1S/C28H30N6O2/c1-19-23(20(2)34(31-19)18-21-10-6-5-7-11-21)17-30-27(36)15-14-26(35)22(16-29)28-32(3)24-12-8-9-13-25(24)33(28)4/h5-13H,14-15,17-18H2,1-4H3,(H,30,36). The van der Waals surface area contributed by atoms with Crippen LogP contribution in [0.4, 0.5) is 11.4 Å². The summed E-state index contributed by atoms with van der Waals surface area (Å²) in [4.78, 5) is 29.2. The van der Waals surface area contributed by atoms with Crippen molar-refractivity contribution in [2.24, 2.45) is 0 Å². The number of benzene rings is 2. The number of carbonyl (C=O) groups is 2. The monoisotopic (exact) mass is 482 g/mol. The fourth-order valence-corrected chi connectivity index (χ4v) is 4.58. The van der Waals surface area contributed by atoms with E-state index in [0.717, 1.165) is 33.9 Å². The van der Waals surface area contributed by atoms with E-state index in [1.54, 1.807) is 0 Å². The number of hydrogen-bond acceptors (Lipinski definition) is 6. The average molecular weight is 483 g/mol. The molecule has 36 heavy (non-hydrogen) atoms. The Bertz CT molecular complexity index is 1340. The summed E-state index contributed by atoms with van der Waals surface area (Å²) in [6.45, 7) is 4.92. The van der Waals surface area contributed by atoms with Gasteiger partial charge in [0.05, 0.1) is 23.6 Å². The van der Waals surface area contributed by atoms with Gasteiger partial charge in [0.1, 0.15) is 17.5 Å². The van der Waals surface area contributed by atoms with Gasteiger partial charge in [0, 0.05) is 44.7 Å². The molecule has 8 heteroatoms. The van der Waals surface area contributed by atoms with Crippen LogP contribution < -0.4 is 15.1 Å². The van der Waals surface area contributed by atoms with Crippen molar-refractivity contribution in [3.8, 4) is 6.07 Å². The number of fused-ring (bicyclic) bond motifs is 1. The minimum absolute atomic E-state index is 0.00786. The fourth-order valence-electron chi connectivity index (χ4n) is 4.58. The van der Waals surface area contributed by atoms with Gasteiger partial charge in [-0.3, -0.25) is 14.3 Å². The van der Waals surface area contributed by atoms with Crippen LogP contribution in [0.15, 0.2) is 66.0 Å². The second-order valence-corrected chi connectivity index (χ2v) is 8.91. The molecule has 2 aromatic carbocycles. The minimum Gasteiger partial charge on any atom is -0.352 e. The number of rotatable bonds is 8. The van der Waals surface area contributed by atoms with E-state index in [0.29, 0.717) is 18.9 Å². The third-order valence-corrected chi connectivity index (χ3v) is 6.60. The Kier molecular flexibility index (Phi) is 7.20. The normalized spacial score (nSPS) is 12.4. The lowest BCUT2D eigenvalue weighted by Crippen LogP contribution is -2.27. The van der Waals surface area contributed by atoms with E-state index in [2.05, 4.69) is 28.6 Å². The first kappa shape index (κ1) is 24.7. The van der Waals surface area contributed by atoms with E-state index in [9.17, 15) is 14.9 Å². The van der Waals surface area contributed by atoms with E-state index in [1.807, 2.05) is 84.9 Å². The van der Waals surface area contributed by atoms with Crippen LogP contribution in [0.25, 0.3) is 0 Å². The molecule has 0 saturated heterocycles. The third kappa shape index (κ3) is 4.86. The molecule has 0 spiro atoms. The SMILES string of the molecule is Cc1nn(Cc2ccccc2)c(C)c1CNC(=O)CCC(=O)C(C#N)=C1N(C)c2ccccc2N1C. The predicted octanol–water partition coefficient (Wildman–Crippen LogP) is 3.84. The fraction of sp³-hybridized carbons (Fsp3) is 0.286. The summed E-state index contributed by atoms with van der Waals surface area (Å²) in [6, 6.07) is 19.9. The smallest absolute Gasteiger partial charge is 0.220 e. The van der Waals surface area contributed by atoms with Crippen molar-refractivity contribution in [1.29, 1.82) is 5.26 Å². The van der Waals surface area contributed by atoms with Gasteiger partial charge in [-0.1, -0.05) is 42.5 Å². The first-order valence-electron chi connectivity index (χ1n) is 11.9. The molecule has 0 bridgehead atoms. The molecule has 8 nitrogen and oxygen atoms in total. The molecule has 0 saturated carbocycles. The van der Waals surface area contributed by atoms with Crippen molar-refractivity contribution in [2.75, 3.05) is 23.9 Å². The van der Waals surface area contributed by atoms with Gasteiger partial charge in [-0.25, -0.2) is 0 Å². The zero-order valence-electron chi connectivity index (χ0n) is 21.1. The lowest BCUT2D eigenvalue weighted by atomic mass is 10.1. The Balaban J connectivity index is 1.37. The number of nitrogens with zero attached hydrogens (tertiary/aromatic N) is 5. The van der Waals surface area contributed by atoms with Gasteiger partial charge in [0.2, 0.25) is 5.91 Å². The highest BCUT2D eigenvalue weighted by Gasteiger charge is 2.31. The van der Waals surface area contributed by atoms with E-state index < -0.39 is 0 Å². The first-order chi connectivity index (χ1) is 17.3. The van der Waals surface area contributed by atoms with Crippen LogP contribution in [0.2, 0.25) is 0 Å². The Morgan fingerprint density at radius 3 is 2.17 bits per heavy atom. The zero-order valence-corrected chi connectivity index (χ0v) is 21.1. The van der Waals surface area contributed by atoms with Crippen LogP contribution in [0.1, 0.15) is 35.4 Å². The summed E-state index contributed by atoms with van der Waals surface area (Å²) < 4.78 is 1.94. The molecule has 1 amide bonds. The molecule has 0 radical (unpaired) electrons. The molecule has 3 aromatic rings. The summed E-state index contributed by atoms with van der Waals surface area (Å²) in [5, 5.41) is 17.3. The minimum atomic E-state index is -0.350. The van der Waals surface area contributed by atoms with Gasteiger partial charge in [0.25, 0.3) is 0 Å². The first-order valence-corrected chi connectivity index (χ1v) is 11.9. The van der Waals surface area contributed by atoms with E-state index in [-0.39, 0.29) is 30.1 Å². The lowest BCUT2D eigenvalue weighted by Gasteiger charge is -2.19. The second kappa shape index (κ2) is 10.5. The van der Waals surface area contributed by atoms with Crippen LogP contribution in [-0.2, 0) is 22.7 Å². The maximum Gasteiger partial charge on any atom is 0.220 e. The molecule has 2 heterocycles. The number of carbonyl (C=O) groups excluding carboxylic acids is 2. The summed E-state index contributed by atoms with van der Waals surface area (Å²) in [5.74, 6) is -0.0601. The van der Waals surface area contributed by atoms with Gasteiger partial charge in [-0.2, -0.15) is 10.4 Å². The Morgan fingerprint density at radius 1 is 0.944 bits per heavy atom. The maximum atomic E-state index is 12.9. The Hall–Kier alpha value is -4.38. The highest BCUT2D eigenvalue weighted by molar-refractivity contribution is 6.03. The average Bonchev–Trinajstić information content (AvgIpc) is 3.29. The Morgan fingerprint density at radius 2 is 1.56 bits per heavy atom. The van der Waals surface area contributed by atoms with Gasteiger partial charge >= 0.3 is 0 Å². The van der Waals surface area contributed by atoms with E-state index in [4.69, 9.17) is 0 Å². The summed E-state index contributed by atoms with van der Waals surface area (Å²) in [7, 11) is 3.66. The lowest BCUT2D eigenvalue weighted by molar-refractivity contribution is -0.124. The van der Waals surface area contributed by atoms with Gasteiger partial charge in [0.15, 0.2) is 5.78 Å². The molecule has 0 aliphatic carbocycles. The number of amides is 1. The van der Waals surface area contributed by atoms with Gasteiger partial charge in [-0.05, 0) is 31.5 Å². The number of nitriles is 1. The van der Waals surface area contributed by atoms with Crippen LogP contribution in [-0.4, -0.2) is 35.6 Å². The maximum absolute atomic E-state index is 12.9. The van der Waals surface area contributed by atoms with Crippen LogP contribution in [0, 0.1) is 25.2 Å². The van der Waals surface area contributed by atoms with E-state index in [1.165, 1.54) is 0 Å². The van der Waals surface area contributed by atoms with Crippen molar-refractivity contribution in [3.63, 3.8) is 0 Å². The molecule has 1 aliphatic heterocycles. The summed E-state index contributed by atoms with van der Waals surface area (Å²) in [5.41, 5.74) is 5.88. The van der Waals surface area contributed by atoms with Crippen LogP contribution in [0.3, 0.4) is 0 Å². The van der Waals surface area contributed by atoms with Crippen LogP contribution >= 0.6 is 0 Å². The number of ketones is 1. The molecule has 4 rings (SSSR count). The van der Waals surface area contributed by atoms with Crippen molar-refractivity contribution >= 4 is 23.1 Å². The number of nitrogens with one attached hydrogen (secondary N) is 1. The molecular weight excluding hydrogens is 452 g/mol. The highest BCUT2D eigenvalue weighted by Crippen LogP contribution is 2.40. The zero-order chi connectivity index (χ0) is 25.8. The van der Waals surface area contributed by atoms with Crippen molar-refractivity contribution in [3.05, 3.63) is 88.5 Å². The number of allylic oxidation sites excluding steroid dienone is 1. The molecule has 0 atom stereocenters. The highest BCUT2D eigenvalue weighted by atomic mass is 16.2. The van der Waals surface area contributed by atoms with E-state index >= 15 is 0 Å². The summed E-state index contributed by atoms with van der Waals surface area (Å²) >= 11 is 0. The third-order valence-electron chi connectivity index (χ3n) is 6.60. The molecular formula is C28H30N6O2. The number of aromatic nitrogens is 2. The van der Waals surface area contributed by atoms with Crippen LogP contribution in [0.5, 0.6) is 0 Å². The molecule has 1 N–H and O–H groups in total. The number of Topliss-reactive ketones (excluding diaryl/α,β-unsaturated/α-hetero) is 1. The Labute approximate surface area is 211 Å². The number of para-hydroxylation sites is 2. The summed E-state index contributed by atoms with van der Waals surface area (Å²) in [6.07, 6.45) is -0.0323. The second-order valence-electron chi connectivity index (χ2n) is 8.91. The number of hydrogen-bond donors (Lipinski definition) is 1. The molecule has 184 valence electrons. The predicted molar refractivity (Wildman–Crippen MR) is 139 cm³/mol. The molecule has 1 aromatic heterocycles. The topological polar surface area (TPSA) is 94.3 Å².